The van der Waals surface area contributed by atoms with Gasteiger partial charge < -0.3 is 11.1 Å². The molecule has 1 heterocycles. The number of aryl methyl sites for hydroxylation is 1. The van der Waals surface area contributed by atoms with E-state index >= 15 is 0 Å². The Balaban J connectivity index is 2.09. The standard InChI is InChI=1S/C13H14N4O2/c1-8-2-4-9(5-3-8)12(14)13(19)15-10-6-7-11(18)17-16-10/h2-7,12H,14H2,1H3,(H,17,18)(H,15,16,19). The quantitative estimate of drug-likeness (QED) is 0.755. The minimum atomic E-state index is -0.783. The zero-order valence-electron chi connectivity index (χ0n) is 10.4. The molecule has 1 aromatic carbocycles. The van der Waals surface area contributed by atoms with Crippen LogP contribution in [-0.2, 0) is 4.79 Å². The summed E-state index contributed by atoms with van der Waals surface area (Å²) in [6.07, 6.45) is 0. The molecule has 0 radical (unpaired) electrons. The summed E-state index contributed by atoms with van der Waals surface area (Å²) in [7, 11) is 0. The maximum absolute atomic E-state index is 11.9. The highest BCUT2D eigenvalue weighted by molar-refractivity contribution is 5.94. The van der Waals surface area contributed by atoms with Gasteiger partial charge in [0.15, 0.2) is 5.82 Å². The Morgan fingerprint density at radius 1 is 1.26 bits per heavy atom. The molecule has 0 bridgehead atoms. The molecule has 0 saturated carbocycles. The van der Waals surface area contributed by atoms with Crippen molar-refractivity contribution in [3.63, 3.8) is 0 Å². The molecule has 2 aromatic rings. The lowest BCUT2D eigenvalue weighted by Gasteiger charge is -2.12. The first-order valence-electron chi connectivity index (χ1n) is 5.75. The molecule has 0 saturated heterocycles. The van der Waals surface area contributed by atoms with Crippen LogP contribution in [0, 0.1) is 6.92 Å². The van der Waals surface area contributed by atoms with E-state index in [1.165, 1.54) is 12.1 Å². The van der Waals surface area contributed by atoms with E-state index in [0.717, 1.165) is 5.56 Å². The summed E-state index contributed by atoms with van der Waals surface area (Å²) < 4.78 is 0. The number of benzene rings is 1. The van der Waals surface area contributed by atoms with Crippen LogP contribution in [0.3, 0.4) is 0 Å². The van der Waals surface area contributed by atoms with Crippen LogP contribution in [0.4, 0.5) is 5.82 Å². The van der Waals surface area contributed by atoms with Gasteiger partial charge in [0.2, 0.25) is 5.91 Å². The maximum Gasteiger partial charge on any atom is 0.264 e. The molecule has 0 spiro atoms. The Bertz CT molecular complexity index is 613. The van der Waals surface area contributed by atoms with Crippen LogP contribution in [0.15, 0.2) is 41.2 Å². The van der Waals surface area contributed by atoms with Gasteiger partial charge in [-0.05, 0) is 18.6 Å². The van der Waals surface area contributed by atoms with Gasteiger partial charge in [-0.2, -0.15) is 5.10 Å². The van der Waals surface area contributed by atoms with Crippen molar-refractivity contribution in [2.24, 2.45) is 5.73 Å². The van der Waals surface area contributed by atoms with Gasteiger partial charge in [-0.3, -0.25) is 9.59 Å². The third-order valence-electron chi connectivity index (χ3n) is 2.65. The van der Waals surface area contributed by atoms with Crippen molar-refractivity contribution in [2.45, 2.75) is 13.0 Å². The number of nitrogens with zero attached hydrogens (tertiary/aromatic N) is 1. The number of amides is 1. The Kier molecular flexibility index (Phi) is 3.72. The van der Waals surface area contributed by atoms with Crippen molar-refractivity contribution < 1.29 is 4.79 Å². The highest BCUT2D eigenvalue weighted by Crippen LogP contribution is 2.13. The number of aromatic nitrogens is 2. The number of H-pyrrole nitrogens is 1. The summed E-state index contributed by atoms with van der Waals surface area (Å²) in [5.74, 6) is -0.129. The Labute approximate surface area is 109 Å². The van der Waals surface area contributed by atoms with E-state index in [2.05, 4.69) is 15.5 Å². The summed E-state index contributed by atoms with van der Waals surface area (Å²) in [6, 6.07) is 9.30. The van der Waals surface area contributed by atoms with Crippen LogP contribution in [0.25, 0.3) is 0 Å². The van der Waals surface area contributed by atoms with Gasteiger partial charge in [0.1, 0.15) is 6.04 Å². The van der Waals surface area contributed by atoms with Gasteiger partial charge in [-0.25, -0.2) is 5.10 Å². The molecule has 4 N–H and O–H groups in total. The first-order chi connectivity index (χ1) is 9.06. The molecule has 1 atom stereocenters. The molecule has 1 amide bonds. The van der Waals surface area contributed by atoms with Gasteiger partial charge in [-0.1, -0.05) is 29.8 Å². The van der Waals surface area contributed by atoms with E-state index in [1.807, 2.05) is 19.1 Å². The highest BCUT2D eigenvalue weighted by Gasteiger charge is 2.16. The SMILES string of the molecule is Cc1ccc(C(N)C(=O)Nc2ccc(=O)[nH]n2)cc1. The predicted molar refractivity (Wildman–Crippen MR) is 71.6 cm³/mol. The summed E-state index contributed by atoms with van der Waals surface area (Å²) in [5, 5.41) is 8.45. The Morgan fingerprint density at radius 2 is 1.95 bits per heavy atom. The molecule has 98 valence electrons. The molecule has 0 fully saturated rings. The lowest BCUT2D eigenvalue weighted by Crippen LogP contribution is -2.28. The molecule has 0 aliphatic heterocycles. The second-order valence-electron chi connectivity index (χ2n) is 4.18. The first-order valence-corrected chi connectivity index (χ1v) is 5.75. The number of aromatic amines is 1. The fraction of sp³-hybridized carbons (Fsp3) is 0.154. The monoisotopic (exact) mass is 258 g/mol. The van der Waals surface area contributed by atoms with E-state index in [4.69, 9.17) is 5.73 Å². The molecular formula is C13H14N4O2. The van der Waals surface area contributed by atoms with Crippen LogP contribution in [-0.4, -0.2) is 16.1 Å². The van der Waals surface area contributed by atoms with Crippen LogP contribution >= 0.6 is 0 Å². The molecular weight excluding hydrogens is 244 g/mol. The van der Waals surface area contributed by atoms with E-state index in [0.29, 0.717) is 5.56 Å². The Morgan fingerprint density at radius 3 is 2.53 bits per heavy atom. The molecule has 6 heteroatoms. The fourth-order valence-corrected chi connectivity index (χ4v) is 1.54. The molecule has 19 heavy (non-hydrogen) atoms. The summed E-state index contributed by atoms with van der Waals surface area (Å²) in [4.78, 5) is 22.8. The van der Waals surface area contributed by atoms with Gasteiger partial charge in [-0.15, -0.1) is 0 Å². The van der Waals surface area contributed by atoms with E-state index in [1.54, 1.807) is 12.1 Å². The number of carbonyl (C=O) groups excluding carboxylic acids is 1. The second-order valence-corrected chi connectivity index (χ2v) is 4.18. The van der Waals surface area contributed by atoms with Crippen molar-refractivity contribution in [3.05, 3.63) is 57.9 Å². The van der Waals surface area contributed by atoms with Crippen LogP contribution in [0.5, 0.6) is 0 Å². The topological polar surface area (TPSA) is 101 Å². The van der Waals surface area contributed by atoms with Gasteiger partial charge >= 0.3 is 0 Å². The molecule has 2 rings (SSSR count). The van der Waals surface area contributed by atoms with Gasteiger partial charge in [0, 0.05) is 6.07 Å². The Hall–Kier alpha value is -2.47. The highest BCUT2D eigenvalue weighted by atomic mass is 16.2. The van der Waals surface area contributed by atoms with Crippen LogP contribution in [0.2, 0.25) is 0 Å². The molecule has 0 aliphatic rings. The summed E-state index contributed by atoms with van der Waals surface area (Å²) >= 11 is 0. The first kappa shape index (κ1) is 13.0. The predicted octanol–water partition coefficient (Wildman–Crippen LogP) is 0.717. The zero-order valence-corrected chi connectivity index (χ0v) is 10.4. The van der Waals surface area contributed by atoms with Crippen LogP contribution < -0.4 is 16.6 Å². The zero-order chi connectivity index (χ0) is 13.8. The number of nitrogens with one attached hydrogen (secondary N) is 2. The molecule has 1 aromatic heterocycles. The van der Waals surface area contributed by atoms with Crippen molar-refractivity contribution in [2.75, 3.05) is 5.32 Å². The minimum absolute atomic E-state index is 0.257. The van der Waals surface area contributed by atoms with Crippen molar-refractivity contribution >= 4 is 11.7 Å². The maximum atomic E-state index is 11.9. The lowest BCUT2D eigenvalue weighted by atomic mass is 10.1. The molecule has 0 aliphatic carbocycles. The molecule has 6 nitrogen and oxygen atoms in total. The normalized spacial score (nSPS) is 11.9. The number of nitrogens with two attached hydrogens (primary N) is 1. The van der Waals surface area contributed by atoms with Crippen LogP contribution in [0.1, 0.15) is 17.2 Å². The smallest absolute Gasteiger partial charge is 0.264 e. The van der Waals surface area contributed by atoms with Gasteiger partial charge in [0.25, 0.3) is 5.56 Å². The van der Waals surface area contributed by atoms with E-state index < -0.39 is 6.04 Å². The fourth-order valence-electron chi connectivity index (χ4n) is 1.54. The number of rotatable bonds is 3. The summed E-state index contributed by atoms with van der Waals surface area (Å²) in [5.41, 5.74) is 7.33. The number of anilines is 1. The van der Waals surface area contributed by atoms with Crippen molar-refractivity contribution in [1.82, 2.24) is 10.2 Å². The van der Waals surface area contributed by atoms with Gasteiger partial charge in [0.05, 0.1) is 0 Å². The largest absolute Gasteiger partial charge is 0.316 e. The number of hydrogen-bond donors (Lipinski definition) is 3. The minimum Gasteiger partial charge on any atom is -0.316 e. The average molecular weight is 258 g/mol. The third kappa shape index (κ3) is 3.26. The number of hydrogen-bond acceptors (Lipinski definition) is 4. The molecule has 1 unspecified atom stereocenters. The third-order valence-corrected chi connectivity index (χ3v) is 2.65. The number of carbonyl (C=O) groups is 1. The van der Waals surface area contributed by atoms with E-state index in [9.17, 15) is 9.59 Å². The second kappa shape index (κ2) is 5.45. The summed E-state index contributed by atoms with van der Waals surface area (Å²) in [6.45, 7) is 1.96. The van der Waals surface area contributed by atoms with E-state index in [-0.39, 0.29) is 17.3 Å². The average Bonchev–Trinajstić information content (AvgIpc) is 2.41. The van der Waals surface area contributed by atoms with Crippen molar-refractivity contribution in [3.8, 4) is 0 Å². The lowest BCUT2D eigenvalue weighted by molar-refractivity contribution is -0.117. The van der Waals surface area contributed by atoms with Crippen molar-refractivity contribution in [1.29, 1.82) is 0 Å².